The summed E-state index contributed by atoms with van der Waals surface area (Å²) >= 11 is 0. The summed E-state index contributed by atoms with van der Waals surface area (Å²) in [6.45, 7) is 2.11. The summed E-state index contributed by atoms with van der Waals surface area (Å²) in [6, 6.07) is 0. The Morgan fingerprint density at radius 1 is 1.57 bits per heavy atom. The standard InChI is InChI=1S/C4H8N2.HI/c1-2-5-4-6-3-1;/h4H,1-3H2,(H,5,6);1H. The number of aliphatic imine (C=N–C) groups is 1. The van der Waals surface area contributed by atoms with E-state index in [9.17, 15) is 0 Å². The van der Waals surface area contributed by atoms with Gasteiger partial charge in [0.15, 0.2) is 0 Å². The predicted molar refractivity (Wildman–Crippen MR) is 41.4 cm³/mol. The van der Waals surface area contributed by atoms with E-state index < -0.39 is 0 Å². The van der Waals surface area contributed by atoms with Gasteiger partial charge in [0, 0.05) is 13.1 Å². The number of hydrogen-bond acceptors (Lipinski definition) is 2. The molecule has 42 valence electrons. The van der Waals surface area contributed by atoms with E-state index in [4.69, 9.17) is 0 Å². The molecule has 7 heavy (non-hydrogen) atoms. The summed E-state index contributed by atoms with van der Waals surface area (Å²) in [5.41, 5.74) is 0. The second kappa shape index (κ2) is 4.36. The van der Waals surface area contributed by atoms with Crippen LogP contribution in [-0.2, 0) is 0 Å². The van der Waals surface area contributed by atoms with Crippen LogP contribution in [-0.4, -0.2) is 19.4 Å². The van der Waals surface area contributed by atoms with Crippen LogP contribution in [0.5, 0.6) is 0 Å². The SMILES string of the molecule is C1=NCCCN1.I. The molecule has 0 aromatic carbocycles. The zero-order chi connectivity index (χ0) is 4.24. The second-order valence-electron chi connectivity index (χ2n) is 1.34. The molecule has 1 aliphatic heterocycles. The molecule has 0 aliphatic carbocycles. The number of halogens is 1. The average Bonchev–Trinajstić information content (AvgIpc) is 1.72. The highest BCUT2D eigenvalue weighted by Crippen LogP contribution is 1.79. The quantitative estimate of drug-likeness (QED) is 0.585. The maximum atomic E-state index is 3.94. The van der Waals surface area contributed by atoms with E-state index in [0.717, 1.165) is 13.1 Å². The van der Waals surface area contributed by atoms with E-state index in [1.165, 1.54) is 6.42 Å². The van der Waals surface area contributed by atoms with Gasteiger partial charge in [-0.2, -0.15) is 0 Å². The molecular formula is C4H9IN2. The molecule has 1 N–H and O–H groups in total. The Bertz CT molecular complexity index is 54.7. The van der Waals surface area contributed by atoms with Crippen molar-refractivity contribution < 1.29 is 0 Å². The lowest BCUT2D eigenvalue weighted by atomic mass is 10.4. The summed E-state index contributed by atoms with van der Waals surface area (Å²) in [4.78, 5) is 3.94. The van der Waals surface area contributed by atoms with Crippen LogP contribution >= 0.6 is 24.0 Å². The molecule has 0 unspecified atom stereocenters. The summed E-state index contributed by atoms with van der Waals surface area (Å²) in [5, 5.41) is 2.99. The molecule has 3 heteroatoms. The fourth-order valence-electron chi connectivity index (χ4n) is 0.466. The third-order valence-corrected chi connectivity index (χ3v) is 0.791. The van der Waals surface area contributed by atoms with Gasteiger partial charge in [0.2, 0.25) is 0 Å². The maximum absolute atomic E-state index is 3.94. The second-order valence-corrected chi connectivity index (χ2v) is 1.34. The first-order valence-electron chi connectivity index (χ1n) is 2.22. The van der Waals surface area contributed by atoms with Crippen molar-refractivity contribution in [1.82, 2.24) is 5.32 Å². The third kappa shape index (κ3) is 2.85. The van der Waals surface area contributed by atoms with Crippen LogP contribution in [0.1, 0.15) is 6.42 Å². The number of hydrogen-bond donors (Lipinski definition) is 1. The normalized spacial score (nSPS) is 17.1. The molecule has 0 fully saturated rings. The van der Waals surface area contributed by atoms with Gasteiger partial charge in [-0.1, -0.05) is 0 Å². The Morgan fingerprint density at radius 3 is 2.57 bits per heavy atom. The fourth-order valence-corrected chi connectivity index (χ4v) is 0.466. The third-order valence-electron chi connectivity index (χ3n) is 0.791. The van der Waals surface area contributed by atoms with Crippen LogP contribution in [0.15, 0.2) is 4.99 Å². The lowest BCUT2D eigenvalue weighted by molar-refractivity contribution is 0.755. The first kappa shape index (κ1) is 7.20. The maximum Gasteiger partial charge on any atom is 0.0823 e. The molecule has 0 aromatic heterocycles. The minimum Gasteiger partial charge on any atom is -0.376 e. The van der Waals surface area contributed by atoms with Crippen molar-refractivity contribution in [2.45, 2.75) is 6.42 Å². The van der Waals surface area contributed by atoms with Gasteiger partial charge in [0.05, 0.1) is 6.34 Å². The average molecular weight is 212 g/mol. The van der Waals surface area contributed by atoms with Crippen molar-refractivity contribution >= 4 is 30.3 Å². The van der Waals surface area contributed by atoms with Crippen LogP contribution < -0.4 is 5.32 Å². The lowest BCUT2D eigenvalue weighted by Gasteiger charge is -2.01. The van der Waals surface area contributed by atoms with Gasteiger partial charge in [-0.25, -0.2) is 0 Å². The van der Waals surface area contributed by atoms with Crippen LogP contribution in [0.4, 0.5) is 0 Å². The summed E-state index contributed by atoms with van der Waals surface area (Å²) < 4.78 is 0. The summed E-state index contributed by atoms with van der Waals surface area (Å²) in [7, 11) is 0. The molecular weight excluding hydrogens is 203 g/mol. The van der Waals surface area contributed by atoms with Gasteiger partial charge in [0.1, 0.15) is 0 Å². The molecule has 1 aliphatic rings. The molecule has 0 amide bonds. The molecule has 0 radical (unpaired) electrons. The van der Waals surface area contributed by atoms with Gasteiger partial charge in [-0.15, -0.1) is 24.0 Å². The van der Waals surface area contributed by atoms with Gasteiger partial charge in [0.25, 0.3) is 0 Å². The monoisotopic (exact) mass is 212 g/mol. The highest BCUT2D eigenvalue weighted by Gasteiger charge is 1.85. The number of rotatable bonds is 0. The van der Waals surface area contributed by atoms with E-state index in [1.807, 2.05) is 0 Å². The van der Waals surface area contributed by atoms with Gasteiger partial charge in [-0.05, 0) is 6.42 Å². The number of nitrogens with one attached hydrogen (secondary N) is 1. The Kier molecular flexibility index (Phi) is 4.49. The van der Waals surface area contributed by atoms with Crippen molar-refractivity contribution in [3.8, 4) is 0 Å². The molecule has 2 nitrogen and oxygen atoms in total. The highest BCUT2D eigenvalue weighted by molar-refractivity contribution is 14.0. The molecule has 1 rings (SSSR count). The first-order valence-corrected chi connectivity index (χ1v) is 2.22. The van der Waals surface area contributed by atoms with Gasteiger partial charge >= 0.3 is 0 Å². The van der Waals surface area contributed by atoms with Crippen molar-refractivity contribution in [2.75, 3.05) is 13.1 Å². The van der Waals surface area contributed by atoms with Gasteiger partial charge < -0.3 is 5.32 Å². The van der Waals surface area contributed by atoms with Gasteiger partial charge in [-0.3, -0.25) is 4.99 Å². The summed E-state index contributed by atoms with van der Waals surface area (Å²) in [6.07, 6.45) is 2.96. The van der Waals surface area contributed by atoms with Crippen LogP contribution in [0.3, 0.4) is 0 Å². The lowest BCUT2D eigenvalue weighted by Crippen LogP contribution is -2.17. The highest BCUT2D eigenvalue weighted by atomic mass is 127. The Hall–Kier alpha value is 0.200. The van der Waals surface area contributed by atoms with Crippen LogP contribution in [0.25, 0.3) is 0 Å². The molecule has 0 saturated heterocycles. The Morgan fingerprint density at radius 2 is 2.43 bits per heavy atom. The summed E-state index contributed by atoms with van der Waals surface area (Å²) in [5.74, 6) is 0. The Balaban J connectivity index is 0.000000360. The largest absolute Gasteiger partial charge is 0.376 e. The minimum absolute atomic E-state index is 0. The Labute approximate surface area is 60.4 Å². The van der Waals surface area contributed by atoms with E-state index in [0.29, 0.717) is 0 Å². The van der Waals surface area contributed by atoms with E-state index in [1.54, 1.807) is 6.34 Å². The van der Waals surface area contributed by atoms with E-state index in [-0.39, 0.29) is 24.0 Å². The minimum atomic E-state index is 0. The molecule has 1 heterocycles. The molecule has 0 spiro atoms. The first-order chi connectivity index (χ1) is 3.00. The van der Waals surface area contributed by atoms with Crippen molar-refractivity contribution in [3.05, 3.63) is 0 Å². The zero-order valence-electron chi connectivity index (χ0n) is 4.05. The molecule has 0 bridgehead atoms. The molecule has 0 aromatic rings. The smallest absolute Gasteiger partial charge is 0.0823 e. The van der Waals surface area contributed by atoms with Crippen molar-refractivity contribution in [2.24, 2.45) is 4.99 Å². The molecule has 0 atom stereocenters. The predicted octanol–water partition coefficient (Wildman–Crippen LogP) is 0.626. The zero-order valence-corrected chi connectivity index (χ0v) is 6.38. The van der Waals surface area contributed by atoms with E-state index in [2.05, 4.69) is 10.3 Å². The van der Waals surface area contributed by atoms with E-state index >= 15 is 0 Å². The topological polar surface area (TPSA) is 24.4 Å². The van der Waals surface area contributed by atoms with Crippen molar-refractivity contribution in [3.63, 3.8) is 0 Å². The van der Waals surface area contributed by atoms with Crippen molar-refractivity contribution in [1.29, 1.82) is 0 Å². The number of nitrogens with zero attached hydrogens (tertiary/aromatic N) is 1. The van der Waals surface area contributed by atoms with Crippen LogP contribution in [0.2, 0.25) is 0 Å². The molecule has 0 saturated carbocycles. The van der Waals surface area contributed by atoms with Crippen LogP contribution in [0, 0.1) is 0 Å². The fraction of sp³-hybridized carbons (Fsp3) is 0.750.